The number of hydrogen-bond acceptors (Lipinski definition) is 3. The Bertz CT molecular complexity index is 465. The molecule has 1 aromatic carbocycles. The molecule has 1 aromatic rings. The number of benzene rings is 1. The first-order valence-corrected chi connectivity index (χ1v) is 6.50. The van der Waals surface area contributed by atoms with E-state index in [-0.39, 0.29) is 18.2 Å². The smallest absolute Gasteiger partial charge is 0.383 e. The van der Waals surface area contributed by atoms with Gasteiger partial charge in [-0.05, 0) is 31.7 Å². The third-order valence-corrected chi connectivity index (χ3v) is 3.50. The molecule has 0 aliphatic rings. The maximum atomic E-state index is 13.2. The Morgan fingerprint density at radius 3 is 2.43 bits per heavy atom. The van der Waals surface area contributed by atoms with Crippen LogP contribution in [0.3, 0.4) is 0 Å². The Morgan fingerprint density at radius 1 is 1.33 bits per heavy atom. The molecule has 0 fully saturated rings. The average Bonchev–Trinajstić information content (AvgIpc) is 2.40. The normalized spacial score (nSPS) is 15.3. The minimum absolute atomic E-state index is 0.0146. The molecule has 0 saturated carbocycles. The first-order chi connectivity index (χ1) is 9.72. The van der Waals surface area contributed by atoms with Crippen LogP contribution in [-0.4, -0.2) is 38.3 Å². The lowest BCUT2D eigenvalue weighted by Crippen LogP contribution is -2.40. The van der Waals surface area contributed by atoms with Gasteiger partial charge in [0.15, 0.2) is 0 Å². The van der Waals surface area contributed by atoms with Gasteiger partial charge in [0.1, 0.15) is 5.82 Å². The van der Waals surface area contributed by atoms with Gasteiger partial charge in [0.2, 0.25) is 0 Å². The van der Waals surface area contributed by atoms with Crippen molar-refractivity contribution in [3.05, 3.63) is 35.1 Å². The second-order valence-electron chi connectivity index (χ2n) is 4.95. The van der Waals surface area contributed by atoms with Gasteiger partial charge in [-0.15, -0.1) is 0 Å². The Balaban J connectivity index is 3.22. The summed E-state index contributed by atoms with van der Waals surface area (Å²) < 4.78 is 57.4. The molecule has 1 rings (SSSR count). The van der Waals surface area contributed by atoms with E-state index in [1.165, 1.54) is 7.11 Å². The van der Waals surface area contributed by atoms with E-state index < -0.39 is 23.6 Å². The number of alkyl halides is 3. The maximum absolute atomic E-state index is 13.2. The number of nitrogens with zero attached hydrogens (tertiary/aromatic N) is 1. The fraction of sp³-hybridized carbons (Fsp3) is 0.571. The standard InChI is InChI=1S/C14H20F4N2O/c1-9(8-21-3)20(2)13(7-19)11-5-4-10(15)6-12(11)14(16,17)18/h4-6,9,13H,7-8,19H2,1-3H3. The van der Waals surface area contributed by atoms with Gasteiger partial charge in [0.05, 0.1) is 12.2 Å². The van der Waals surface area contributed by atoms with Crippen molar-refractivity contribution in [2.75, 3.05) is 27.3 Å². The third kappa shape index (κ3) is 4.39. The van der Waals surface area contributed by atoms with E-state index in [0.717, 1.165) is 12.1 Å². The molecule has 2 unspecified atom stereocenters. The van der Waals surface area contributed by atoms with Crippen LogP contribution < -0.4 is 5.73 Å². The summed E-state index contributed by atoms with van der Waals surface area (Å²) in [6.45, 7) is 2.16. The second-order valence-corrected chi connectivity index (χ2v) is 4.95. The third-order valence-electron chi connectivity index (χ3n) is 3.50. The van der Waals surface area contributed by atoms with E-state index in [2.05, 4.69) is 0 Å². The zero-order valence-corrected chi connectivity index (χ0v) is 12.2. The van der Waals surface area contributed by atoms with Crippen molar-refractivity contribution in [3.8, 4) is 0 Å². The number of hydrogen-bond donors (Lipinski definition) is 1. The van der Waals surface area contributed by atoms with Gasteiger partial charge >= 0.3 is 6.18 Å². The van der Waals surface area contributed by atoms with Crippen LogP contribution in [0.25, 0.3) is 0 Å². The van der Waals surface area contributed by atoms with Crippen LogP contribution in [0.4, 0.5) is 17.6 Å². The van der Waals surface area contributed by atoms with Gasteiger partial charge in [-0.25, -0.2) is 4.39 Å². The van der Waals surface area contributed by atoms with Crippen molar-refractivity contribution in [2.45, 2.75) is 25.2 Å². The summed E-state index contributed by atoms with van der Waals surface area (Å²) >= 11 is 0. The van der Waals surface area contributed by atoms with E-state index >= 15 is 0 Å². The SMILES string of the molecule is COCC(C)N(C)C(CN)c1ccc(F)cc1C(F)(F)F. The molecule has 0 aliphatic carbocycles. The predicted octanol–water partition coefficient (Wildman–Crippen LogP) is 2.81. The highest BCUT2D eigenvalue weighted by Crippen LogP contribution is 2.36. The van der Waals surface area contributed by atoms with Crippen molar-refractivity contribution < 1.29 is 22.3 Å². The van der Waals surface area contributed by atoms with Gasteiger partial charge in [-0.3, -0.25) is 4.90 Å². The summed E-state index contributed by atoms with van der Waals surface area (Å²) in [6.07, 6.45) is -4.63. The summed E-state index contributed by atoms with van der Waals surface area (Å²) in [6, 6.07) is 1.86. The van der Waals surface area contributed by atoms with Crippen LogP contribution in [0, 0.1) is 5.82 Å². The predicted molar refractivity (Wildman–Crippen MR) is 72.3 cm³/mol. The van der Waals surface area contributed by atoms with Crippen LogP contribution in [0.2, 0.25) is 0 Å². The molecule has 0 bridgehead atoms. The van der Waals surface area contributed by atoms with E-state index in [4.69, 9.17) is 10.5 Å². The molecule has 0 aromatic heterocycles. The molecule has 7 heteroatoms. The Morgan fingerprint density at radius 2 is 1.95 bits per heavy atom. The zero-order chi connectivity index (χ0) is 16.2. The van der Waals surface area contributed by atoms with Crippen LogP contribution in [0.5, 0.6) is 0 Å². The monoisotopic (exact) mass is 308 g/mol. The second kappa shape index (κ2) is 7.20. The molecule has 21 heavy (non-hydrogen) atoms. The highest BCUT2D eigenvalue weighted by atomic mass is 19.4. The van der Waals surface area contributed by atoms with Gasteiger partial charge < -0.3 is 10.5 Å². The lowest BCUT2D eigenvalue weighted by atomic mass is 9.97. The zero-order valence-electron chi connectivity index (χ0n) is 12.2. The number of rotatable bonds is 6. The lowest BCUT2D eigenvalue weighted by Gasteiger charge is -2.33. The highest BCUT2D eigenvalue weighted by molar-refractivity contribution is 5.33. The molecule has 0 radical (unpaired) electrons. The number of halogens is 4. The van der Waals surface area contributed by atoms with Crippen LogP contribution in [0.1, 0.15) is 24.1 Å². The Labute approximate surface area is 121 Å². The molecule has 120 valence electrons. The topological polar surface area (TPSA) is 38.5 Å². The van der Waals surface area contributed by atoms with Gasteiger partial charge in [-0.2, -0.15) is 13.2 Å². The van der Waals surface area contributed by atoms with E-state index in [1.54, 1.807) is 11.9 Å². The van der Waals surface area contributed by atoms with Crippen molar-refractivity contribution in [3.63, 3.8) is 0 Å². The van der Waals surface area contributed by atoms with Crippen molar-refractivity contribution in [1.29, 1.82) is 0 Å². The molecule has 2 N–H and O–H groups in total. The quantitative estimate of drug-likeness (QED) is 0.821. The minimum atomic E-state index is -4.63. The fourth-order valence-electron chi connectivity index (χ4n) is 2.24. The van der Waals surface area contributed by atoms with Crippen molar-refractivity contribution in [1.82, 2.24) is 4.90 Å². The minimum Gasteiger partial charge on any atom is -0.383 e. The largest absolute Gasteiger partial charge is 0.416 e. The molecule has 0 saturated heterocycles. The molecule has 0 spiro atoms. The molecule has 2 atom stereocenters. The van der Waals surface area contributed by atoms with Crippen molar-refractivity contribution >= 4 is 0 Å². The summed E-state index contributed by atoms with van der Waals surface area (Å²) in [4.78, 5) is 1.70. The maximum Gasteiger partial charge on any atom is 0.416 e. The van der Waals surface area contributed by atoms with Gasteiger partial charge in [-0.1, -0.05) is 6.07 Å². The highest BCUT2D eigenvalue weighted by Gasteiger charge is 2.36. The lowest BCUT2D eigenvalue weighted by molar-refractivity contribution is -0.139. The van der Waals surface area contributed by atoms with Crippen LogP contribution in [0.15, 0.2) is 18.2 Å². The summed E-state index contributed by atoms with van der Waals surface area (Å²) in [5.41, 5.74) is 4.62. The van der Waals surface area contributed by atoms with E-state index in [1.807, 2.05) is 6.92 Å². The Hall–Kier alpha value is -1.18. The molecule has 0 amide bonds. The Kier molecular flexibility index (Phi) is 6.12. The van der Waals surface area contributed by atoms with Crippen molar-refractivity contribution in [2.24, 2.45) is 5.73 Å². The van der Waals surface area contributed by atoms with E-state index in [9.17, 15) is 17.6 Å². The first kappa shape index (κ1) is 17.9. The number of nitrogens with two attached hydrogens (primary N) is 1. The molecule has 0 aliphatic heterocycles. The molecule has 0 heterocycles. The summed E-state index contributed by atoms with van der Waals surface area (Å²) in [5, 5.41) is 0. The number of methoxy groups -OCH3 is 1. The summed E-state index contributed by atoms with van der Waals surface area (Å²) in [7, 11) is 3.19. The fourth-order valence-corrected chi connectivity index (χ4v) is 2.24. The van der Waals surface area contributed by atoms with Crippen LogP contribution in [-0.2, 0) is 10.9 Å². The van der Waals surface area contributed by atoms with E-state index in [0.29, 0.717) is 12.7 Å². The number of likely N-dealkylation sites (N-methyl/N-ethyl adjacent to an activating group) is 1. The molecular formula is C14H20F4N2O. The van der Waals surface area contributed by atoms with Crippen LogP contribution >= 0.6 is 0 Å². The molecular weight excluding hydrogens is 288 g/mol. The molecule has 3 nitrogen and oxygen atoms in total. The summed E-state index contributed by atoms with van der Waals surface area (Å²) in [5.74, 6) is -0.922. The number of ether oxygens (including phenoxy) is 1. The first-order valence-electron chi connectivity index (χ1n) is 6.50. The average molecular weight is 308 g/mol. The van der Waals surface area contributed by atoms with Gasteiger partial charge in [0, 0.05) is 25.7 Å². The van der Waals surface area contributed by atoms with Gasteiger partial charge in [0.25, 0.3) is 0 Å².